The second-order valence-corrected chi connectivity index (χ2v) is 10.9. The van der Waals surface area contributed by atoms with Crippen molar-refractivity contribution in [1.29, 1.82) is 0 Å². The van der Waals surface area contributed by atoms with Crippen LogP contribution in [0.15, 0.2) is 61.4 Å². The first-order valence-corrected chi connectivity index (χ1v) is 13.8. The summed E-state index contributed by atoms with van der Waals surface area (Å²) in [5.74, 6) is 0.897. The van der Waals surface area contributed by atoms with Gasteiger partial charge in [0, 0.05) is 88.8 Å². The molecule has 0 unspecified atom stereocenters. The van der Waals surface area contributed by atoms with Crippen molar-refractivity contribution in [2.24, 2.45) is 0 Å². The van der Waals surface area contributed by atoms with Crippen molar-refractivity contribution in [3.05, 3.63) is 78.3 Å². The van der Waals surface area contributed by atoms with Crippen molar-refractivity contribution < 1.29 is 18.0 Å². The van der Waals surface area contributed by atoms with Crippen LogP contribution in [0.2, 0.25) is 0 Å². The predicted molar refractivity (Wildman–Crippen MR) is 148 cm³/mol. The van der Waals surface area contributed by atoms with Crippen LogP contribution < -0.4 is 4.90 Å². The Labute approximate surface area is 238 Å². The number of anilines is 1. The second-order valence-electron chi connectivity index (χ2n) is 10.9. The average molecular weight is 569 g/mol. The molecule has 2 aliphatic rings. The summed E-state index contributed by atoms with van der Waals surface area (Å²) in [4.78, 5) is 38.5. The van der Waals surface area contributed by atoms with E-state index in [9.17, 15) is 18.0 Å². The molecule has 2 aliphatic heterocycles. The van der Waals surface area contributed by atoms with Gasteiger partial charge in [-0.2, -0.15) is 13.2 Å². The molecule has 0 N–H and O–H groups in total. The number of carbonyl (C=O) groups is 1. The van der Waals surface area contributed by atoms with Crippen LogP contribution in [0.4, 0.5) is 19.0 Å². The molecule has 2 fully saturated rings. The largest absolute Gasteiger partial charge is 0.416 e. The van der Waals surface area contributed by atoms with Gasteiger partial charge in [0.05, 0.1) is 24.0 Å². The molecular weight excluding hydrogens is 533 g/mol. The summed E-state index contributed by atoms with van der Waals surface area (Å²) >= 11 is 0. The first-order valence-electron chi connectivity index (χ1n) is 13.8. The van der Waals surface area contributed by atoms with Crippen molar-refractivity contribution in [2.45, 2.75) is 31.0 Å². The molecule has 12 heteroatoms. The quantitative estimate of drug-likeness (QED) is 0.410. The molecule has 0 spiro atoms. The van der Waals surface area contributed by atoms with Gasteiger partial charge in [0.1, 0.15) is 5.82 Å². The zero-order chi connectivity index (χ0) is 28.9. The van der Waals surface area contributed by atoms with Gasteiger partial charge in [0.25, 0.3) is 0 Å². The third-order valence-electron chi connectivity index (χ3n) is 8.10. The fourth-order valence-electron chi connectivity index (χ4n) is 5.89. The van der Waals surface area contributed by atoms with Gasteiger partial charge in [-0.25, -0.2) is 4.98 Å². The highest BCUT2D eigenvalue weighted by atomic mass is 19.4. The van der Waals surface area contributed by atoms with Crippen molar-refractivity contribution >= 4 is 11.7 Å². The Kier molecular flexibility index (Phi) is 8.79. The molecule has 41 heavy (non-hydrogen) atoms. The summed E-state index contributed by atoms with van der Waals surface area (Å²) in [6.07, 6.45) is 6.73. The number of carbonyl (C=O) groups excluding carboxylic acids is 1. The van der Waals surface area contributed by atoms with E-state index < -0.39 is 17.2 Å². The van der Waals surface area contributed by atoms with Gasteiger partial charge in [0.2, 0.25) is 5.91 Å². The van der Waals surface area contributed by atoms with E-state index >= 15 is 0 Å². The zero-order valence-electron chi connectivity index (χ0n) is 23.2. The van der Waals surface area contributed by atoms with Crippen LogP contribution in [0.25, 0.3) is 0 Å². The van der Waals surface area contributed by atoms with E-state index in [4.69, 9.17) is 0 Å². The topological polar surface area (TPSA) is 81.6 Å². The molecule has 4 heterocycles. The molecule has 218 valence electrons. The molecule has 0 radical (unpaired) electrons. The Morgan fingerprint density at radius 2 is 1.66 bits per heavy atom. The number of likely N-dealkylation sites (tertiary alicyclic amines) is 1. The number of nitrogens with zero attached hydrogens (tertiary/aromatic N) is 8. The Morgan fingerprint density at radius 1 is 0.951 bits per heavy atom. The smallest absolute Gasteiger partial charge is 0.353 e. The number of amides is 1. The van der Waals surface area contributed by atoms with E-state index in [2.05, 4.69) is 34.6 Å². The van der Waals surface area contributed by atoms with Gasteiger partial charge in [0.15, 0.2) is 0 Å². The predicted octanol–water partition coefficient (Wildman–Crippen LogP) is 3.10. The number of piperidine rings is 1. The lowest BCUT2D eigenvalue weighted by Crippen LogP contribution is -2.53. The summed E-state index contributed by atoms with van der Waals surface area (Å²) in [7, 11) is 1.95. The van der Waals surface area contributed by atoms with Crippen LogP contribution in [-0.2, 0) is 22.9 Å². The molecule has 3 aromatic rings. The Balaban J connectivity index is 1.24. The second kappa shape index (κ2) is 12.5. The highest BCUT2D eigenvalue weighted by molar-refractivity contribution is 5.78. The molecule has 1 aromatic carbocycles. The third kappa shape index (κ3) is 7.17. The first-order chi connectivity index (χ1) is 19.7. The summed E-state index contributed by atoms with van der Waals surface area (Å²) in [5.41, 5.74) is 0.272. The van der Waals surface area contributed by atoms with Crippen molar-refractivity contribution in [3.8, 4) is 0 Å². The van der Waals surface area contributed by atoms with E-state index in [0.29, 0.717) is 51.1 Å². The maximum absolute atomic E-state index is 13.6. The van der Waals surface area contributed by atoms with Gasteiger partial charge in [-0.3, -0.25) is 29.5 Å². The number of likely N-dealkylation sites (N-methyl/N-ethyl adjacent to an activating group) is 1. The van der Waals surface area contributed by atoms with Gasteiger partial charge >= 0.3 is 6.18 Å². The number of rotatable bonds is 8. The highest BCUT2D eigenvalue weighted by Crippen LogP contribution is 2.39. The molecular formula is C29H35F3N8O. The number of hydrogen-bond donors (Lipinski definition) is 0. The van der Waals surface area contributed by atoms with Gasteiger partial charge in [-0.1, -0.05) is 18.2 Å². The van der Waals surface area contributed by atoms with Gasteiger partial charge in [-0.05, 0) is 31.5 Å². The van der Waals surface area contributed by atoms with E-state index in [0.717, 1.165) is 43.8 Å². The van der Waals surface area contributed by atoms with Crippen LogP contribution in [-0.4, -0.2) is 99.9 Å². The fraction of sp³-hybridized carbons (Fsp3) is 0.483. The zero-order valence-corrected chi connectivity index (χ0v) is 23.2. The Bertz CT molecular complexity index is 1280. The number of halogens is 3. The summed E-state index contributed by atoms with van der Waals surface area (Å²) in [6.45, 7) is 5.41. The standard InChI is InChI=1S/C29H35F3N8O/c1-37(20-25-18-33-7-9-35-25)22-28(23-3-2-4-24(17-23)29(30,31)32)5-11-40(12-6-28)27(41)21-38-13-15-39(16-14-38)26-19-34-8-10-36-26/h2-4,7-10,17-19H,5-6,11-16,20-22H2,1H3. The van der Waals surface area contributed by atoms with Gasteiger partial charge < -0.3 is 9.80 Å². The SMILES string of the molecule is CN(Cc1cnccn1)CC1(c2cccc(C(F)(F)F)c2)CCN(C(=O)CN2CCN(c3cnccn3)CC2)CC1. The summed E-state index contributed by atoms with van der Waals surface area (Å²) in [6, 6.07) is 5.67. The summed E-state index contributed by atoms with van der Waals surface area (Å²) in [5, 5.41) is 0. The van der Waals surface area contributed by atoms with Gasteiger partial charge in [-0.15, -0.1) is 0 Å². The highest BCUT2D eigenvalue weighted by Gasteiger charge is 2.40. The Morgan fingerprint density at radius 3 is 2.29 bits per heavy atom. The number of piperazine rings is 1. The van der Waals surface area contributed by atoms with E-state index in [1.165, 1.54) is 12.1 Å². The molecule has 0 atom stereocenters. The van der Waals surface area contributed by atoms with Crippen LogP contribution in [0.5, 0.6) is 0 Å². The van der Waals surface area contributed by atoms with Crippen LogP contribution in [0, 0.1) is 0 Å². The first kappa shape index (κ1) is 28.9. The lowest BCUT2D eigenvalue weighted by molar-refractivity contribution is -0.137. The summed E-state index contributed by atoms with van der Waals surface area (Å²) < 4.78 is 40.9. The van der Waals surface area contributed by atoms with Crippen molar-refractivity contribution in [2.75, 3.05) is 64.3 Å². The Hall–Kier alpha value is -3.64. The van der Waals surface area contributed by atoms with E-state index in [1.807, 2.05) is 11.9 Å². The van der Waals surface area contributed by atoms with E-state index in [-0.39, 0.29) is 5.91 Å². The molecule has 9 nitrogen and oxygen atoms in total. The van der Waals surface area contributed by atoms with Crippen LogP contribution in [0.1, 0.15) is 29.7 Å². The monoisotopic (exact) mass is 568 g/mol. The average Bonchev–Trinajstić information content (AvgIpc) is 2.98. The van der Waals surface area contributed by atoms with Crippen LogP contribution in [0.3, 0.4) is 0 Å². The molecule has 2 saturated heterocycles. The molecule has 0 aliphatic carbocycles. The minimum Gasteiger partial charge on any atom is -0.353 e. The van der Waals surface area contributed by atoms with Crippen molar-refractivity contribution in [1.82, 2.24) is 34.6 Å². The number of benzene rings is 1. The maximum atomic E-state index is 13.6. The number of alkyl halides is 3. The minimum absolute atomic E-state index is 0.0588. The minimum atomic E-state index is -4.42. The van der Waals surface area contributed by atoms with Crippen molar-refractivity contribution in [3.63, 3.8) is 0 Å². The lowest BCUT2D eigenvalue weighted by atomic mass is 9.72. The maximum Gasteiger partial charge on any atom is 0.416 e. The molecule has 0 saturated carbocycles. The molecule has 1 amide bonds. The molecule has 5 rings (SSSR count). The lowest BCUT2D eigenvalue weighted by Gasteiger charge is -2.45. The number of aromatic nitrogens is 4. The molecule has 2 aromatic heterocycles. The fourth-order valence-corrected chi connectivity index (χ4v) is 5.89. The number of hydrogen-bond acceptors (Lipinski definition) is 8. The van der Waals surface area contributed by atoms with E-state index in [1.54, 1.807) is 43.2 Å². The van der Waals surface area contributed by atoms with Crippen LogP contribution >= 0.6 is 0 Å². The molecule has 0 bridgehead atoms. The third-order valence-corrected chi connectivity index (χ3v) is 8.10. The normalized spacial score (nSPS) is 18.1.